The highest BCUT2D eigenvalue weighted by Crippen LogP contribution is 2.36. The maximum Gasteiger partial charge on any atom is 0.239 e. The maximum atomic E-state index is 5.41. The Morgan fingerprint density at radius 2 is 2.11 bits per heavy atom. The largest absolute Gasteiger partial charge is 0.292 e. The number of nitrogens with two attached hydrogens (primary N) is 1. The zero-order valence-electron chi connectivity index (χ0n) is 10.2. The summed E-state index contributed by atoms with van der Waals surface area (Å²) in [7, 11) is 0. The maximum absolute atomic E-state index is 5.41. The predicted octanol–water partition coefficient (Wildman–Crippen LogP) is 2.60. The van der Waals surface area contributed by atoms with E-state index in [2.05, 4.69) is 30.8 Å². The molecular formula is C10H10N6S3. The first-order valence-corrected chi connectivity index (χ1v) is 7.79. The van der Waals surface area contributed by atoms with Crippen LogP contribution < -0.4 is 11.3 Å². The van der Waals surface area contributed by atoms with E-state index < -0.39 is 0 Å². The molecule has 3 aromatic rings. The fraction of sp³-hybridized carbons (Fsp3) is 0.200. The van der Waals surface area contributed by atoms with Gasteiger partial charge >= 0.3 is 0 Å². The number of anilines is 1. The molecule has 3 rings (SSSR count). The number of hydrazine groups is 1. The average molecular weight is 310 g/mol. The lowest BCUT2D eigenvalue weighted by molar-refractivity contribution is 1.06. The lowest BCUT2D eigenvalue weighted by Crippen LogP contribution is -2.10. The van der Waals surface area contributed by atoms with Crippen LogP contribution in [0.25, 0.3) is 10.2 Å². The molecule has 3 N–H and O–H groups in total. The second kappa shape index (κ2) is 5.00. The van der Waals surface area contributed by atoms with Gasteiger partial charge in [0, 0.05) is 10.3 Å². The molecule has 0 amide bonds. The van der Waals surface area contributed by atoms with Gasteiger partial charge < -0.3 is 0 Å². The Morgan fingerprint density at radius 3 is 2.79 bits per heavy atom. The lowest BCUT2D eigenvalue weighted by Gasteiger charge is -2.02. The SMILES string of the molecule is Cc1nsc(Sc2nc(NN)nc3sc(C)cc23)n1. The minimum atomic E-state index is 0.415. The fourth-order valence-electron chi connectivity index (χ4n) is 1.56. The van der Waals surface area contributed by atoms with Crippen molar-refractivity contribution < 1.29 is 0 Å². The van der Waals surface area contributed by atoms with E-state index in [0.717, 1.165) is 25.4 Å². The topological polar surface area (TPSA) is 89.6 Å². The van der Waals surface area contributed by atoms with Crippen molar-refractivity contribution in [3.8, 4) is 0 Å². The third-order valence-electron chi connectivity index (χ3n) is 2.30. The lowest BCUT2D eigenvalue weighted by atomic mass is 10.4. The second-order valence-corrected chi connectivity index (χ2v) is 7.00. The van der Waals surface area contributed by atoms with Crippen LogP contribution in [0, 0.1) is 13.8 Å². The van der Waals surface area contributed by atoms with Crippen LogP contribution in [0.1, 0.15) is 10.7 Å². The number of fused-ring (bicyclic) bond motifs is 1. The zero-order chi connectivity index (χ0) is 13.4. The minimum Gasteiger partial charge on any atom is -0.292 e. The van der Waals surface area contributed by atoms with Gasteiger partial charge in [0.2, 0.25) is 5.95 Å². The van der Waals surface area contributed by atoms with Crippen molar-refractivity contribution in [3.63, 3.8) is 0 Å². The summed E-state index contributed by atoms with van der Waals surface area (Å²) in [6.45, 7) is 3.92. The first-order valence-electron chi connectivity index (χ1n) is 5.38. The van der Waals surface area contributed by atoms with Gasteiger partial charge in [-0.3, -0.25) is 5.43 Å². The van der Waals surface area contributed by atoms with Crippen molar-refractivity contribution in [3.05, 3.63) is 16.8 Å². The standard InChI is InChI=1S/C10H10N6S3/c1-4-3-6-7(17-4)13-9(15-11)14-8(6)18-10-12-5(2)16-19-10/h3H,11H2,1-2H3,(H,13,14,15). The Hall–Kier alpha value is -1.29. The van der Waals surface area contributed by atoms with E-state index in [1.807, 2.05) is 13.8 Å². The van der Waals surface area contributed by atoms with Gasteiger partial charge in [-0.1, -0.05) is 0 Å². The van der Waals surface area contributed by atoms with Crippen molar-refractivity contribution in [1.82, 2.24) is 19.3 Å². The van der Waals surface area contributed by atoms with E-state index in [0.29, 0.717) is 5.95 Å². The number of rotatable bonds is 3. The molecule has 0 aliphatic rings. The Balaban J connectivity index is 2.09. The van der Waals surface area contributed by atoms with Gasteiger partial charge in [-0.2, -0.15) is 4.37 Å². The van der Waals surface area contributed by atoms with Crippen molar-refractivity contribution in [1.29, 1.82) is 0 Å². The zero-order valence-corrected chi connectivity index (χ0v) is 12.6. The molecule has 9 heteroatoms. The molecule has 0 spiro atoms. The van der Waals surface area contributed by atoms with Crippen LogP contribution >= 0.6 is 34.6 Å². The summed E-state index contributed by atoms with van der Waals surface area (Å²) in [5.74, 6) is 6.60. The van der Waals surface area contributed by atoms with E-state index >= 15 is 0 Å². The molecule has 19 heavy (non-hydrogen) atoms. The molecule has 0 aliphatic heterocycles. The Labute approximate surface area is 121 Å². The molecule has 3 heterocycles. The van der Waals surface area contributed by atoms with E-state index in [4.69, 9.17) is 5.84 Å². The Kier molecular flexibility index (Phi) is 3.35. The smallest absolute Gasteiger partial charge is 0.239 e. The molecule has 0 radical (unpaired) electrons. The normalized spacial score (nSPS) is 11.1. The predicted molar refractivity (Wildman–Crippen MR) is 78.7 cm³/mol. The number of hydrogen-bond donors (Lipinski definition) is 2. The van der Waals surface area contributed by atoms with Gasteiger partial charge in [0.1, 0.15) is 15.7 Å². The molecular weight excluding hydrogens is 300 g/mol. The van der Waals surface area contributed by atoms with Crippen LogP contribution in [0.15, 0.2) is 15.4 Å². The minimum absolute atomic E-state index is 0.415. The van der Waals surface area contributed by atoms with Crippen LogP contribution in [-0.2, 0) is 0 Å². The quantitative estimate of drug-likeness (QED) is 0.436. The molecule has 0 saturated carbocycles. The van der Waals surface area contributed by atoms with Gasteiger partial charge in [0.15, 0.2) is 4.34 Å². The first-order chi connectivity index (χ1) is 9.15. The van der Waals surface area contributed by atoms with Crippen molar-refractivity contribution >= 4 is 50.8 Å². The molecule has 0 unspecified atom stereocenters. The molecule has 0 aromatic carbocycles. The summed E-state index contributed by atoms with van der Waals surface area (Å²) in [4.78, 5) is 15.2. The van der Waals surface area contributed by atoms with Crippen molar-refractivity contribution in [2.45, 2.75) is 23.2 Å². The highest BCUT2D eigenvalue weighted by atomic mass is 32.2. The van der Waals surface area contributed by atoms with Crippen LogP contribution in [0.4, 0.5) is 5.95 Å². The first kappa shape index (κ1) is 12.7. The number of hydrogen-bond acceptors (Lipinski definition) is 9. The number of nitrogens with one attached hydrogen (secondary N) is 1. The van der Waals surface area contributed by atoms with Gasteiger partial charge in [-0.05, 0) is 43.2 Å². The van der Waals surface area contributed by atoms with Gasteiger partial charge in [-0.15, -0.1) is 11.3 Å². The molecule has 6 nitrogen and oxygen atoms in total. The fourth-order valence-corrected chi connectivity index (χ4v) is 4.17. The molecule has 0 saturated heterocycles. The molecule has 0 bridgehead atoms. The monoisotopic (exact) mass is 310 g/mol. The number of aryl methyl sites for hydroxylation is 2. The molecule has 0 atom stereocenters. The van der Waals surface area contributed by atoms with Crippen molar-refractivity contribution in [2.24, 2.45) is 5.84 Å². The number of nitrogen functional groups attached to an aromatic ring is 1. The summed E-state index contributed by atoms with van der Waals surface area (Å²) in [5, 5.41) is 1.87. The number of thiophene rings is 1. The van der Waals surface area contributed by atoms with E-state index in [9.17, 15) is 0 Å². The van der Waals surface area contributed by atoms with E-state index in [1.165, 1.54) is 28.2 Å². The van der Waals surface area contributed by atoms with E-state index in [1.54, 1.807) is 11.3 Å². The summed E-state index contributed by atoms with van der Waals surface area (Å²) >= 11 is 4.47. The highest BCUT2D eigenvalue weighted by Gasteiger charge is 2.13. The molecule has 0 aliphatic carbocycles. The van der Waals surface area contributed by atoms with Gasteiger partial charge in [0.05, 0.1) is 0 Å². The average Bonchev–Trinajstić information content (AvgIpc) is 2.94. The van der Waals surface area contributed by atoms with E-state index in [-0.39, 0.29) is 0 Å². The van der Waals surface area contributed by atoms with Crippen LogP contribution in [-0.4, -0.2) is 19.3 Å². The summed E-state index contributed by atoms with van der Waals surface area (Å²) in [5.41, 5.74) is 2.50. The molecule has 98 valence electrons. The second-order valence-electron chi connectivity index (χ2n) is 3.78. The Morgan fingerprint density at radius 1 is 1.26 bits per heavy atom. The molecule has 0 fully saturated rings. The number of nitrogens with zero attached hydrogens (tertiary/aromatic N) is 4. The Bertz CT molecular complexity index is 734. The van der Waals surface area contributed by atoms with Gasteiger partial charge in [-0.25, -0.2) is 20.8 Å². The molecule has 3 aromatic heterocycles. The highest BCUT2D eigenvalue weighted by molar-refractivity contribution is 8.01. The van der Waals surface area contributed by atoms with Crippen LogP contribution in [0.2, 0.25) is 0 Å². The van der Waals surface area contributed by atoms with Crippen LogP contribution in [0.5, 0.6) is 0 Å². The summed E-state index contributed by atoms with van der Waals surface area (Å²) in [6.07, 6.45) is 0. The third kappa shape index (κ3) is 2.54. The van der Waals surface area contributed by atoms with Crippen molar-refractivity contribution in [2.75, 3.05) is 5.43 Å². The third-order valence-corrected chi connectivity index (χ3v) is 5.09. The number of aromatic nitrogens is 4. The van der Waals surface area contributed by atoms with Gasteiger partial charge in [0.25, 0.3) is 0 Å². The van der Waals surface area contributed by atoms with Crippen LogP contribution in [0.3, 0.4) is 0 Å². The summed E-state index contributed by atoms with van der Waals surface area (Å²) < 4.78 is 5.03. The summed E-state index contributed by atoms with van der Waals surface area (Å²) in [6, 6.07) is 2.08.